The molecule has 0 unspecified atom stereocenters. The Morgan fingerprint density at radius 1 is 1.14 bits per heavy atom. The minimum absolute atomic E-state index is 0. The van der Waals surface area contributed by atoms with E-state index in [1.54, 1.807) is 26.0 Å². The lowest BCUT2D eigenvalue weighted by molar-refractivity contribution is -0.139. The van der Waals surface area contributed by atoms with E-state index < -0.39 is 26.8 Å². The van der Waals surface area contributed by atoms with Gasteiger partial charge in [-0.2, -0.15) is 0 Å². The monoisotopic (exact) mass is 525 g/mol. The number of piperidine rings is 1. The molecule has 1 saturated heterocycles. The SMILES string of the molecule is CC(C)(N)C(=O)N[C@H](CCC1CCCCC1)C(=O)N1CCC2(CC1)CS(=O)(=O)c1ccccc12.Cl. The van der Waals surface area contributed by atoms with Crippen molar-refractivity contribution in [2.24, 2.45) is 11.7 Å². The third-order valence-corrected chi connectivity index (χ3v) is 10.0. The van der Waals surface area contributed by atoms with Crippen molar-refractivity contribution in [1.82, 2.24) is 10.2 Å². The van der Waals surface area contributed by atoms with Crippen LogP contribution in [-0.2, 0) is 24.8 Å². The molecule has 4 rings (SSSR count). The van der Waals surface area contributed by atoms with Gasteiger partial charge in [-0.05, 0) is 57.1 Å². The highest BCUT2D eigenvalue weighted by Gasteiger charge is 2.49. The molecule has 3 aliphatic rings. The number of fused-ring (bicyclic) bond motifs is 2. The van der Waals surface area contributed by atoms with Gasteiger partial charge in [0, 0.05) is 18.5 Å². The van der Waals surface area contributed by atoms with E-state index in [2.05, 4.69) is 5.32 Å². The summed E-state index contributed by atoms with van der Waals surface area (Å²) in [6.45, 7) is 4.27. The number of benzene rings is 1. The van der Waals surface area contributed by atoms with Crippen LogP contribution in [0.3, 0.4) is 0 Å². The molecule has 1 aliphatic carbocycles. The summed E-state index contributed by atoms with van der Waals surface area (Å²) in [7, 11) is -3.30. The van der Waals surface area contributed by atoms with Crippen LogP contribution in [0, 0.1) is 5.92 Å². The minimum Gasteiger partial charge on any atom is -0.343 e. The van der Waals surface area contributed by atoms with Crippen LogP contribution in [0.5, 0.6) is 0 Å². The number of hydrogen-bond donors (Lipinski definition) is 2. The van der Waals surface area contributed by atoms with Crippen molar-refractivity contribution in [2.45, 2.75) is 93.5 Å². The molecule has 0 aromatic heterocycles. The van der Waals surface area contributed by atoms with Crippen molar-refractivity contribution < 1.29 is 18.0 Å². The average molecular weight is 526 g/mol. The summed E-state index contributed by atoms with van der Waals surface area (Å²) in [6, 6.07) is 6.69. The summed E-state index contributed by atoms with van der Waals surface area (Å²) < 4.78 is 25.5. The first kappa shape index (κ1) is 27.9. The molecule has 0 bridgehead atoms. The maximum Gasteiger partial charge on any atom is 0.245 e. The normalized spacial score (nSPS) is 22.2. The van der Waals surface area contributed by atoms with Crippen LogP contribution >= 0.6 is 12.4 Å². The first-order chi connectivity index (χ1) is 16.0. The van der Waals surface area contributed by atoms with E-state index in [0.29, 0.717) is 43.2 Å². The smallest absolute Gasteiger partial charge is 0.245 e. The summed E-state index contributed by atoms with van der Waals surface area (Å²) in [4.78, 5) is 28.5. The maximum absolute atomic E-state index is 13.6. The second kappa shape index (κ2) is 10.8. The first-order valence-corrected chi connectivity index (χ1v) is 14.4. The van der Waals surface area contributed by atoms with Gasteiger partial charge in [-0.25, -0.2) is 8.42 Å². The Hall–Kier alpha value is -1.64. The largest absolute Gasteiger partial charge is 0.343 e. The summed E-state index contributed by atoms with van der Waals surface area (Å²) in [5.41, 5.74) is 5.41. The highest BCUT2D eigenvalue weighted by atomic mass is 35.5. The zero-order valence-electron chi connectivity index (χ0n) is 20.9. The maximum atomic E-state index is 13.6. The van der Waals surface area contributed by atoms with Crippen molar-refractivity contribution in [2.75, 3.05) is 18.8 Å². The van der Waals surface area contributed by atoms with Gasteiger partial charge in [-0.1, -0.05) is 50.3 Å². The van der Waals surface area contributed by atoms with Crippen LogP contribution in [0.1, 0.15) is 77.2 Å². The average Bonchev–Trinajstić information content (AvgIpc) is 3.03. The molecule has 2 fully saturated rings. The number of halogens is 1. The van der Waals surface area contributed by atoms with Gasteiger partial charge in [0.1, 0.15) is 6.04 Å². The molecule has 3 N–H and O–H groups in total. The van der Waals surface area contributed by atoms with Crippen LogP contribution in [0.2, 0.25) is 0 Å². The Labute approximate surface area is 215 Å². The Morgan fingerprint density at radius 3 is 2.40 bits per heavy atom. The van der Waals surface area contributed by atoms with Crippen LogP contribution in [0.25, 0.3) is 0 Å². The fourth-order valence-corrected chi connectivity index (χ4v) is 8.20. The fraction of sp³-hybridized carbons (Fsp3) is 0.692. The number of likely N-dealkylation sites (tertiary alicyclic amines) is 1. The number of carbonyl (C=O) groups is 2. The molecule has 2 aliphatic heterocycles. The molecule has 1 aromatic carbocycles. The van der Waals surface area contributed by atoms with Gasteiger partial charge < -0.3 is 16.0 Å². The molecular weight excluding hydrogens is 486 g/mol. The Bertz CT molecular complexity index is 1020. The number of nitrogens with zero attached hydrogens (tertiary/aromatic N) is 1. The third-order valence-electron chi connectivity index (χ3n) is 8.07. The summed E-state index contributed by atoms with van der Waals surface area (Å²) in [5.74, 6) is 0.331. The fourth-order valence-electron chi connectivity index (χ4n) is 5.96. The van der Waals surface area contributed by atoms with E-state index >= 15 is 0 Å². The lowest BCUT2D eigenvalue weighted by Crippen LogP contribution is -2.58. The van der Waals surface area contributed by atoms with E-state index in [1.165, 1.54) is 32.1 Å². The summed E-state index contributed by atoms with van der Waals surface area (Å²) in [6.07, 6.45) is 8.91. The molecule has 1 spiro atoms. The van der Waals surface area contributed by atoms with E-state index in [0.717, 1.165) is 12.0 Å². The number of nitrogens with one attached hydrogen (secondary N) is 1. The standard InChI is InChI=1S/C26H39N3O4S.ClH/c1-25(2,27)24(31)28-21(13-12-19-8-4-3-5-9-19)23(30)29-16-14-26(15-17-29)18-34(32,33)22-11-7-6-10-20(22)26;/h6-7,10-11,19,21H,3-5,8-9,12-18,27H2,1-2H3,(H,28,31);1H/t21-;/m1./s1. The van der Waals surface area contributed by atoms with Gasteiger partial charge >= 0.3 is 0 Å². The predicted octanol–water partition coefficient (Wildman–Crippen LogP) is 3.34. The van der Waals surface area contributed by atoms with Crippen LogP contribution in [0.15, 0.2) is 29.2 Å². The zero-order valence-corrected chi connectivity index (χ0v) is 22.6. The van der Waals surface area contributed by atoms with Crippen molar-refractivity contribution in [3.05, 3.63) is 29.8 Å². The van der Waals surface area contributed by atoms with Crippen molar-refractivity contribution in [3.63, 3.8) is 0 Å². The van der Waals surface area contributed by atoms with E-state index in [9.17, 15) is 18.0 Å². The van der Waals surface area contributed by atoms with Crippen molar-refractivity contribution in [1.29, 1.82) is 0 Å². The number of sulfone groups is 1. The molecule has 0 radical (unpaired) electrons. The molecule has 35 heavy (non-hydrogen) atoms. The molecule has 1 aromatic rings. The van der Waals surface area contributed by atoms with Crippen LogP contribution in [-0.4, -0.2) is 55.6 Å². The van der Waals surface area contributed by atoms with E-state index in [4.69, 9.17) is 5.73 Å². The number of rotatable bonds is 6. The van der Waals surface area contributed by atoms with Gasteiger partial charge in [-0.15, -0.1) is 12.4 Å². The number of amides is 2. The molecule has 2 heterocycles. The molecule has 2 amide bonds. The minimum atomic E-state index is -3.30. The topological polar surface area (TPSA) is 110 Å². The third kappa shape index (κ3) is 6.03. The quantitative estimate of drug-likeness (QED) is 0.592. The zero-order chi connectivity index (χ0) is 24.6. The Balaban J connectivity index is 0.00000342. The molecule has 1 atom stereocenters. The predicted molar refractivity (Wildman–Crippen MR) is 139 cm³/mol. The van der Waals surface area contributed by atoms with Gasteiger partial charge in [0.15, 0.2) is 9.84 Å². The van der Waals surface area contributed by atoms with Gasteiger partial charge in [0.2, 0.25) is 11.8 Å². The number of nitrogens with two attached hydrogens (primary N) is 1. The molecule has 9 heteroatoms. The Kier molecular flexibility index (Phi) is 8.60. The van der Waals surface area contributed by atoms with Gasteiger partial charge in [-0.3, -0.25) is 9.59 Å². The highest BCUT2D eigenvalue weighted by molar-refractivity contribution is 7.91. The van der Waals surface area contributed by atoms with Crippen LogP contribution in [0.4, 0.5) is 0 Å². The highest BCUT2D eigenvalue weighted by Crippen LogP contribution is 2.46. The Morgan fingerprint density at radius 2 is 1.77 bits per heavy atom. The lowest BCUT2D eigenvalue weighted by Gasteiger charge is -2.40. The second-order valence-corrected chi connectivity index (χ2v) is 13.1. The van der Waals surface area contributed by atoms with Gasteiger partial charge in [0.05, 0.1) is 16.2 Å². The van der Waals surface area contributed by atoms with Crippen molar-refractivity contribution >= 4 is 34.1 Å². The lowest BCUT2D eigenvalue weighted by atomic mass is 9.74. The first-order valence-electron chi connectivity index (χ1n) is 12.7. The van der Waals surface area contributed by atoms with Crippen LogP contribution < -0.4 is 11.1 Å². The molecule has 1 saturated carbocycles. The second-order valence-electron chi connectivity index (χ2n) is 11.2. The molecule has 196 valence electrons. The molecule has 7 nitrogen and oxygen atoms in total. The summed E-state index contributed by atoms with van der Waals surface area (Å²) in [5, 5.41) is 2.93. The summed E-state index contributed by atoms with van der Waals surface area (Å²) >= 11 is 0. The van der Waals surface area contributed by atoms with E-state index in [1.807, 2.05) is 17.0 Å². The van der Waals surface area contributed by atoms with E-state index in [-0.39, 0.29) is 30.0 Å². The van der Waals surface area contributed by atoms with Crippen molar-refractivity contribution in [3.8, 4) is 0 Å². The number of hydrogen-bond acceptors (Lipinski definition) is 5. The van der Waals surface area contributed by atoms with Gasteiger partial charge in [0.25, 0.3) is 0 Å². The number of carbonyl (C=O) groups excluding carboxylic acids is 2. The molecular formula is C26H40ClN3O4S.